The van der Waals surface area contributed by atoms with Crippen molar-refractivity contribution in [2.24, 2.45) is 7.05 Å². The van der Waals surface area contributed by atoms with Gasteiger partial charge in [-0.15, -0.1) is 0 Å². The Balaban J connectivity index is 1.88. The van der Waals surface area contributed by atoms with Crippen LogP contribution < -0.4 is 0 Å². The topological polar surface area (TPSA) is 50.9 Å². The second-order valence-corrected chi connectivity index (χ2v) is 7.16. The Bertz CT molecular complexity index is 1140. The van der Waals surface area contributed by atoms with Crippen LogP contribution in [0.25, 0.3) is 22.0 Å². The number of nitrogens with zero attached hydrogens (tertiary/aromatic N) is 3. The first-order chi connectivity index (χ1) is 13.0. The smallest absolute Gasteiger partial charge is 0.139 e. The van der Waals surface area contributed by atoms with Gasteiger partial charge < -0.3 is 9.67 Å². The molecule has 27 heavy (non-hydrogen) atoms. The quantitative estimate of drug-likeness (QED) is 0.475. The highest BCUT2D eigenvalue weighted by molar-refractivity contribution is 6.42. The number of rotatable bonds is 3. The molecule has 0 bridgehead atoms. The van der Waals surface area contributed by atoms with Crippen molar-refractivity contribution in [2.75, 3.05) is 0 Å². The summed E-state index contributed by atoms with van der Waals surface area (Å²) in [7, 11) is 1.88. The third-order valence-corrected chi connectivity index (χ3v) is 5.48. The van der Waals surface area contributed by atoms with Gasteiger partial charge in [-0.05, 0) is 30.2 Å². The number of halogens is 2. The minimum Gasteiger partial charge on any atom is -0.382 e. The largest absolute Gasteiger partial charge is 0.382 e. The van der Waals surface area contributed by atoms with Gasteiger partial charge in [0.05, 0.1) is 22.4 Å². The molecule has 136 valence electrons. The SMILES string of the molecule is Cc1ncc(C(O)c2ccc3nc(Cl)c(-c4ccccc4)c(Cl)c3c2)n1C. The molecule has 4 aromatic rings. The van der Waals surface area contributed by atoms with Gasteiger partial charge in [0.1, 0.15) is 17.1 Å². The number of aryl methyl sites for hydroxylation is 1. The van der Waals surface area contributed by atoms with E-state index in [0.717, 1.165) is 22.3 Å². The lowest BCUT2D eigenvalue weighted by molar-refractivity contribution is 0.211. The van der Waals surface area contributed by atoms with E-state index >= 15 is 0 Å². The van der Waals surface area contributed by atoms with Crippen LogP contribution in [-0.4, -0.2) is 19.6 Å². The van der Waals surface area contributed by atoms with Crippen LogP contribution in [0.15, 0.2) is 54.7 Å². The zero-order chi connectivity index (χ0) is 19.1. The summed E-state index contributed by atoms with van der Waals surface area (Å²) >= 11 is 13.1. The summed E-state index contributed by atoms with van der Waals surface area (Å²) < 4.78 is 1.87. The number of pyridine rings is 1. The number of hydrogen-bond acceptors (Lipinski definition) is 3. The first-order valence-corrected chi connectivity index (χ1v) is 9.23. The van der Waals surface area contributed by atoms with E-state index in [9.17, 15) is 5.11 Å². The number of imidazole rings is 1. The first-order valence-electron chi connectivity index (χ1n) is 8.47. The van der Waals surface area contributed by atoms with Crippen molar-refractivity contribution < 1.29 is 5.11 Å². The third-order valence-electron chi connectivity index (χ3n) is 4.82. The number of benzene rings is 2. The Morgan fingerprint density at radius 2 is 1.81 bits per heavy atom. The summed E-state index contributed by atoms with van der Waals surface area (Å²) in [6, 6.07) is 15.2. The molecule has 2 aromatic carbocycles. The van der Waals surface area contributed by atoms with E-state index in [2.05, 4.69) is 9.97 Å². The van der Waals surface area contributed by atoms with Crippen molar-refractivity contribution >= 4 is 34.1 Å². The maximum absolute atomic E-state index is 10.8. The highest BCUT2D eigenvalue weighted by Crippen LogP contribution is 2.39. The van der Waals surface area contributed by atoms with Crippen LogP contribution >= 0.6 is 23.2 Å². The van der Waals surface area contributed by atoms with Gasteiger partial charge in [-0.1, -0.05) is 59.6 Å². The van der Waals surface area contributed by atoms with E-state index in [1.165, 1.54) is 0 Å². The van der Waals surface area contributed by atoms with E-state index in [0.29, 0.717) is 26.9 Å². The average Bonchev–Trinajstić information content (AvgIpc) is 3.01. The fraction of sp³-hybridized carbons (Fsp3) is 0.143. The first kappa shape index (κ1) is 18.0. The monoisotopic (exact) mass is 397 g/mol. The van der Waals surface area contributed by atoms with Crippen LogP contribution in [0.1, 0.15) is 23.2 Å². The number of aliphatic hydroxyl groups is 1. The van der Waals surface area contributed by atoms with Gasteiger partial charge in [-0.25, -0.2) is 9.97 Å². The van der Waals surface area contributed by atoms with Gasteiger partial charge in [0.25, 0.3) is 0 Å². The second kappa shape index (κ2) is 6.97. The molecule has 4 rings (SSSR count). The fourth-order valence-corrected chi connectivity index (χ4v) is 3.87. The predicted molar refractivity (Wildman–Crippen MR) is 109 cm³/mol. The van der Waals surface area contributed by atoms with Crippen LogP contribution in [0.4, 0.5) is 0 Å². The highest BCUT2D eigenvalue weighted by Gasteiger charge is 2.19. The Kier molecular flexibility index (Phi) is 4.64. The van der Waals surface area contributed by atoms with E-state index in [1.807, 2.05) is 67.1 Å². The maximum Gasteiger partial charge on any atom is 0.139 e. The van der Waals surface area contributed by atoms with Crippen LogP contribution in [0, 0.1) is 6.92 Å². The summed E-state index contributed by atoms with van der Waals surface area (Å²) in [5.41, 5.74) is 3.70. The highest BCUT2D eigenvalue weighted by atomic mass is 35.5. The van der Waals surface area contributed by atoms with E-state index in [1.54, 1.807) is 6.20 Å². The van der Waals surface area contributed by atoms with Gasteiger partial charge in [0.15, 0.2) is 0 Å². The summed E-state index contributed by atoms with van der Waals surface area (Å²) in [5.74, 6) is 0.836. The molecular weight excluding hydrogens is 381 g/mol. The summed E-state index contributed by atoms with van der Waals surface area (Å²) in [6.45, 7) is 1.89. The predicted octanol–water partition coefficient (Wildman–Crippen LogP) is 5.33. The number of aliphatic hydroxyl groups excluding tert-OH is 1. The fourth-order valence-electron chi connectivity index (χ4n) is 3.18. The van der Waals surface area contributed by atoms with Crippen LogP contribution in [-0.2, 0) is 7.05 Å². The molecule has 1 atom stereocenters. The molecule has 0 amide bonds. The molecule has 0 saturated heterocycles. The Morgan fingerprint density at radius 1 is 1.07 bits per heavy atom. The van der Waals surface area contributed by atoms with Crippen molar-refractivity contribution in [1.82, 2.24) is 14.5 Å². The number of aromatic nitrogens is 3. The van der Waals surface area contributed by atoms with Gasteiger partial charge in [0, 0.05) is 18.0 Å². The molecule has 6 heteroatoms. The number of hydrogen-bond donors (Lipinski definition) is 1. The standard InChI is InChI=1S/C21H17Cl2N3O/c1-12-24-11-17(26(12)2)20(27)14-8-9-16-15(10-14)19(22)18(21(23)25-16)13-6-4-3-5-7-13/h3-11,20,27H,1-2H3. The summed E-state index contributed by atoms with van der Waals surface area (Å²) in [4.78, 5) is 8.74. The van der Waals surface area contributed by atoms with E-state index in [-0.39, 0.29) is 0 Å². The normalized spacial score (nSPS) is 12.5. The molecule has 1 N–H and O–H groups in total. The average molecular weight is 398 g/mol. The molecule has 0 aliphatic rings. The van der Waals surface area contributed by atoms with Crippen molar-refractivity contribution in [2.45, 2.75) is 13.0 Å². The lowest BCUT2D eigenvalue weighted by atomic mass is 10.0. The van der Waals surface area contributed by atoms with Crippen LogP contribution in [0.3, 0.4) is 0 Å². The van der Waals surface area contributed by atoms with Crippen LogP contribution in [0.2, 0.25) is 10.2 Å². The van der Waals surface area contributed by atoms with E-state index < -0.39 is 6.10 Å². The van der Waals surface area contributed by atoms with Gasteiger partial charge in [-0.3, -0.25) is 0 Å². The zero-order valence-electron chi connectivity index (χ0n) is 14.8. The van der Waals surface area contributed by atoms with Crippen molar-refractivity contribution in [3.8, 4) is 11.1 Å². The Morgan fingerprint density at radius 3 is 2.48 bits per heavy atom. The molecule has 2 heterocycles. The van der Waals surface area contributed by atoms with Gasteiger partial charge in [-0.2, -0.15) is 0 Å². The van der Waals surface area contributed by atoms with Crippen molar-refractivity contribution in [1.29, 1.82) is 0 Å². The Hall–Kier alpha value is -2.40. The third kappa shape index (κ3) is 3.10. The van der Waals surface area contributed by atoms with Gasteiger partial charge in [0.2, 0.25) is 0 Å². The molecule has 4 nitrogen and oxygen atoms in total. The molecular formula is C21H17Cl2N3O. The molecule has 0 radical (unpaired) electrons. The minimum absolute atomic E-state index is 0.356. The van der Waals surface area contributed by atoms with Gasteiger partial charge >= 0.3 is 0 Å². The maximum atomic E-state index is 10.8. The molecule has 2 aromatic heterocycles. The molecule has 0 aliphatic carbocycles. The molecule has 0 saturated carbocycles. The van der Waals surface area contributed by atoms with Crippen LogP contribution in [0.5, 0.6) is 0 Å². The van der Waals surface area contributed by atoms with Crippen molar-refractivity contribution in [3.63, 3.8) is 0 Å². The number of fused-ring (bicyclic) bond motifs is 1. The van der Waals surface area contributed by atoms with Crippen molar-refractivity contribution in [3.05, 3.63) is 82.0 Å². The Labute approximate surface area is 167 Å². The summed E-state index contributed by atoms with van der Waals surface area (Å²) in [6.07, 6.45) is 0.869. The van der Waals surface area contributed by atoms with E-state index in [4.69, 9.17) is 23.2 Å². The molecule has 1 unspecified atom stereocenters. The minimum atomic E-state index is -0.812. The molecule has 0 fully saturated rings. The lowest BCUT2D eigenvalue weighted by Crippen LogP contribution is -2.06. The zero-order valence-corrected chi connectivity index (χ0v) is 16.3. The molecule has 0 spiro atoms. The summed E-state index contributed by atoms with van der Waals surface area (Å²) in [5, 5.41) is 12.4. The molecule has 0 aliphatic heterocycles. The second-order valence-electron chi connectivity index (χ2n) is 6.43. The lowest BCUT2D eigenvalue weighted by Gasteiger charge is -2.15.